The highest BCUT2D eigenvalue weighted by atomic mass is 32.1. The van der Waals surface area contributed by atoms with Crippen molar-refractivity contribution >= 4 is 22.2 Å². The van der Waals surface area contributed by atoms with Gasteiger partial charge in [-0.2, -0.15) is 0 Å². The average Bonchev–Trinajstić information content (AvgIpc) is 3.70. The molecule has 1 fully saturated rings. The van der Waals surface area contributed by atoms with Crippen molar-refractivity contribution in [1.82, 2.24) is 30.1 Å². The van der Waals surface area contributed by atoms with Gasteiger partial charge in [0.05, 0.1) is 12.6 Å². The highest BCUT2D eigenvalue weighted by Gasteiger charge is 2.32. The van der Waals surface area contributed by atoms with E-state index in [4.69, 9.17) is 4.74 Å². The molecule has 3 aromatic heterocycles. The lowest BCUT2D eigenvalue weighted by Gasteiger charge is -2.31. The lowest BCUT2D eigenvalue weighted by molar-refractivity contribution is 0.0904. The molecule has 0 aliphatic carbocycles. The maximum absolute atomic E-state index is 13.7. The Morgan fingerprint density at radius 3 is 2.82 bits per heavy atom. The molecule has 1 N–H and O–H groups in total. The normalized spacial score (nSPS) is 16.4. The minimum Gasteiger partial charge on any atom is -0.376 e. The van der Waals surface area contributed by atoms with Crippen LogP contribution in [0.5, 0.6) is 0 Å². The van der Waals surface area contributed by atoms with E-state index in [0.29, 0.717) is 31.0 Å². The molecule has 1 saturated heterocycles. The maximum atomic E-state index is 13.7. The van der Waals surface area contributed by atoms with Gasteiger partial charge in [0.2, 0.25) is 0 Å². The predicted molar refractivity (Wildman–Crippen MR) is 148 cm³/mol. The van der Waals surface area contributed by atoms with Gasteiger partial charge in [-0.25, -0.2) is 4.68 Å². The fraction of sp³-hybridized carbons (Fsp3) is 0.310. The summed E-state index contributed by atoms with van der Waals surface area (Å²) >= 11 is 1.70. The summed E-state index contributed by atoms with van der Waals surface area (Å²) in [5.41, 5.74) is 3.59. The first kappa shape index (κ1) is 24.7. The van der Waals surface area contributed by atoms with Gasteiger partial charge in [-0.05, 0) is 70.8 Å². The van der Waals surface area contributed by atoms with Gasteiger partial charge in [-0.15, -0.1) is 16.4 Å². The molecular weight excluding hydrogens is 496 g/mol. The summed E-state index contributed by atoms with van der Waals surface area (Å²) in [7, 11) is 0. The number of aromatic nitrogens is 5. The van der Waals surface area contributed by atoms with Crippen LogP contribution in [0.25, 0.3) is 10.9 Å². The molecule has 8 nitrogen and oxygen atoms in total. The molecule has 1 aliphatic rings. The van der Waals surface area contributed by atoms with Gasteiger partial charge in [0.15, 0.2) is 5.82 Å². The molecule has 0 unspecified atom stereocenters. The van der Waals surface area contributed by atoms with Crippen molar-refractivity contribution in [2.75, 3.05) is 6.61 Å². The largest absolute Gasteiger partial charge is 0.376 e. The van der Waals surface area contributed by atoms with Gasteiger partial charge in [-0.3, -0.25) is 9.69 Å². The Hall–Kier alpha value is -3.66. The molecule has 0 saturated carbocycles. The van der Waals surface area contributed by atoms with Gasteiger partial charge in [-0.1, -0.05) is 48.0 Å². The van der Waals surface area contributed by atoms with Crippen LogP contribution < -0.4 is 5.56 Å². The summed E-state index contributed by atoms with van der Waals surface area (Å²) in [5.74, 6) is 0.644. The highest BCUT2D eigenvalue weighted by molar-refractivity contribution is 7.09. The molecule has 38 heavy (non-hydrogen) atoms. The van der Waals surface area contributed by atoms with E-state index in [0.717, 1.165) is 41.5 Å². The fourth-order valence-corrected chi connectivity index (χ4v) is 5.95. The zero-order valence-corrected chi connectivity index (χ0v) is 22.1. The third kappa shape index (κ3) is 5.31. The highest BCUT2D eigenvalue weighted by Crippen LogP contribution is 2.31. The first-order valence-electron chi connectivity index (χ1n) is 13.0. The minimum absolute atomic E-state index is 0.0651. The Balaban J connectivity index is 1.50. The van der Waals surface area contributed by atoms with Gasteiger partial charge in [0.1, 0.15) is 6.04 Å². The van der Waals surface area contributed by atoms with Crippen molar-refractivity contribution in [3.63, 3.8) is 0 Å². The van der Waals surface area contributed by atoms with E-state index < -0.39 is 6.04 Å². The van der Waals surface area contributed by atoms with Crippen LogP contribution in [0, 0.1) is 6.92 Å². The summed E-state index contributed by atoms with van der Waals surface area (Å²) in [5, 5.41) is 16.0. The topological polar surface area (TPSA) is 88.9 Å². The van der Waals surface area contributed by atoms with E-state index in [1.807, 2.05) is 41.1 Å². The molecule has 0 bridgehead atoms. The molecule has 4 heterocycles. The molecule has 1 aliphatic heterocycles. The second-order valence-corrected chi connectivity index (χ2v) is 10.9. The number of aryl methyl sites for hydroxylation is 1. The number of rotatable bonds is 9. The molecule has 2 atom stereocenters. The van der Waals surface area contributed by atoms with E-state index in [-0.39, 0.29) is 11.7 Å². The Morgan fingerprint density at radius 1 is 1.13 bits per heavy atom. The van der Waals surface area contributed by atoms with E-state index in [9.17, 15) is 4.79 Å². The number of ether oxygens (including phenoxy) is 1. The third-order valence-corrected chi connectivity index (χ3v) is 7.92. The van der Waals surface area contributed by atoms with Crippen LogP contribution in [0.15, 0.2) is 76.9 Å². The molecule has 5 aromatic rings. The summed E-state index contributed by atoms with van der Waals surface area (Å²) in [6.45, 7) is 4.65. The van der Waals surface area contributed by atoms with E-state index in [1.165, 1.54) is 4.88 Å². The molecule has 2 aromatic carbocycles. The van der Waals surface area contributed by atoms with Crippen LogP contribution in [-0.4, -0.2) is 42.8 Å². The standard InChI is InChI=1S/C29H30N6O2S/c1-20-11-12-26-22(15-20)16-25(29(36)30-26)27(28-31-32-33-35(28)18-23-9-5-13-37-23)34(19-24-10-6-14-38-24)17-21-7-3-2-4-8-21/h2-4,6-8,10-12,14-16,23,27H,5,9,13,17-19H2,1H3,(H,30,36)/t23-,27-/m0/s1. The Kier molecular flexibility index (Phi) is 7.13. The minimum atomic E-state index is -0.470. The number of aromatic amines is 1. The number of H-pyrrole nitrogens is 1. The SMILES string of the molecule is Cc1ccc2[nH]c(=O)c([C@@H](c3nnnn3C[C@@H]3CCCO3)N(Cc3ccccc3)Cc3cccs3)cc2c1. The number of nitrogens with zero attached hydrogens (tertiary/aromatic N) is 5. The van der Waals surface area contributed by atoms with Crippen LogP contribution >= 0.6 is 11.3 Å². The van der Waals surface area contributed by atoms with Gasteiger partial charge in [0, 0.05) is 35.7 Å². The summed E-state index contributed by atoms with van der Waals surface area (Å²) < 4.78 is 7.73. The fourth-order valence-electron chi connectivity index (χ4n) is 5.22. The van der Waals surface area contributed by atoms with Crippen LogP contribution in [0.3, 0.4) is 0 Å². The van der Waals surface area contributed by atoms with Crippen molar-refractivity contribution in [3.05, 3.63) is 110 Å². The Morgan fingerprint density at radius 2 is 2.03 bits per heavy atom. The first-order valence-corrected chi connectivity index (χ1v) is 13.8. The van der Waals surface area contributed by atoms with E-state index in [1.54, 1.807) is 11.3 Å². The Bertz CT molecular complexity index is 1560. The summed E-state index contributed by atoms with van der Waals surface area (Å²) in [4.78, 5) is 20.3. The third-order valence-electron chi connectivity index (χ3n) is 7.06. The molecule has 0 radical (unpaired) electrons. The summed E-state index contributed by atoms with van der Waals surface area (Å²) in [6.07, 6.45) is 2.08. The smallest absolute Gasteiger partial charge is 0.253 e. The predicted octanol–water partition coefficient (Wildman–Crippen LogP) is 4.86. The number of tetrazole rings is 1. The van der Waals surface area contributed by atoms with Crippen molar-refractivity contribution in [2.45, 2.75) is 51.5 Å². The zero-order valence-electron chi connectivity index (χ0n) is 21.3. The van der Waals surface area contributed by atoms with E-state index >= 15 is 0 Å². The van der Waals surface area contributed by atoms with E-state index in [2.05, 4.69) is 68.0 Å². The molecule has 9 heteroatoms. The van der Waals surface area contributed by atoms with Crippen molar-refractivity contribution in [2.24, 2.45) is 0 Å². The zero-order chi connectivity index (χ0) is 25.9. The van der Waals surface area contributed by atoms with Gasteiger partial charge < -0.3 is 9.72 Å². The van der Waals surface area contributed by atoms with Crippen LogP contribution in [0.2, 0.25) is 0 Å². The molecular formula is C29H30N6O2S. The second-order valence-electron chi connectivity index (χ2n) is 9.87. The van der Waals surface area contributed by atoms with Crippen LogP contribution in [0.1, 0.15) is 46.3 Å². The van der Waals surface area contributed by atoms with Crippen LogP contribution in [0.4, 0.5) is 0 Å². The molecule has 0 amide bonds. The number of hydrogen-bond donors (Lipinski definition) is 1. The lowest BCUT2D eigenvalue weighted by Crippen LogP contribution is -2.35. The van der Waals surface area contributed by atoms with Crippen molar-refractivity contribution < 1.29 is 4.74 Å². The average molecular weight is 527 g/mol. The molecule has 194 valence electrons. The van der Waals surface area contributed by atoms with Gasteiger partial charge in [0.25, 0.3) is 5.56 Å². The first-order chi connectivity index (χ1) is 18.6. The second kappa shape index (κ2) is 11.0. The van der Waals surface area contributed by atoms with Crippen LogP contribution in [-0.2, 0) is 24.4 Å². The monoisotopic (exact) mass is 526 g/mol. The maximum Gasteiger partial charge on any atom is 0.253 e. The molecule has 6 rings (SSSR count). The van der Waals surface area contributed by atoms with Gasteiger partial charge >= 0.3 is 0 Å². The van der Waals surface area contributed by atoms with Crippen molar-refractivity contribution in [1.29, 1.82) is 0 Å². The Labute approximate surface area is 224 Å². The van der Waals surface area contributed by atoms with Crippen molar-refractivity contribution in [3.8, 4) is 0 Å². The molecule has 0 spiro atoms. The lowest BCUT2D eigenvalue weighted by atomic mass is 10.0. The number of hydrogen-bond acceptors (Lipinski definition) is 7. The quantitative estimate of drug-likeness (QED) is 0.295. The summed E-state index contributed by atoms with van der Waals surface area (Å²) in [6, 6.07) is 22.1. The number of fused-ring (bicyclic) bond motifs is 1. The number of nitrogens with one attached hydrogen (secondary N) is 1. The number of pyridine rings is 1. The number of benzene rings is 2. The number of thiophene rings is 1.